The molecule has 14 heavy (non-hydrogen) atoms. The Balaban J connectivity index is 2.37. The molecule has 0 aromatic heterocycles. The Morgan fingerprint density at radius 3 is 2.93 bits per heavy atom. The fraction of sp³-hybridized carbons (Fsp3) is 0.500. The van der Waals surface area contributed by atoms with Crippen LogP contribution in [0.5, 0.6) is 0 Å². The average Bonchev–Trinajstić information content (AvgIpc) is 2.50. The Kier molecular flexibility index (Phi) is 1.75. The van der Waals surface area contributed by atoms with Gasteiger partial charge in [-0.2, -0.15) is 10.2 Å². The van der Waals surface area contributed by atoms with Crippen LogP contribution in [-0.4, -0.2) is 28.6 Å². The Morgan fingerprint density at radius 1 is 1.57 bits per heavy atom. The molecule has 2 heterocycles. The van der Waals surface area contributed by atoms with E-state index in [9.17, 15) is 9.90 Å². The molecule has 6 heteroatoms. The van der Waals surface area contributed by atoms with E-state index in [4.69, 9.17) is 0 Å². The highest BCUT2D eigenvalue weighted by molar-refractivity contribution is 6.11. The molecule has 74 valence electrons. The molecule has 0 spiro atoms. The van der Waals surface area contributed by atoms with Crippen molar-refractivity contribution < 1.29 is 9.90 Å². The molecule has 2 N–H and O–H groups in total. The normalized spacial score (nSPS) is 25.4. The number of amidine groups is 1. The first-order valence-corrected chi connectivity index (χ1v) is 4.20. The molecule has 0 aromatic carbocycles. The molecule has 6 nitrogen and oxygen atoms in total. The Morgan fingerprint density at radius 2 is 2.29 bits per heavy atom. The van der Waals surface area contributed by atoms with Gasteiger partial charge in [0.05, 0.1) is 11.8 Å². The quantitative estimate of drug-likeness (QED) is 0.613. The van der Waals surface area contributed by atoms with Gasteiger partial charge in [0.25, 0.3) is 5.91 Å². The molecule has 0 bridgehead atoms. The molecular weight excluding hydrogens is 184 g/mol. The summed E-state index contributed by atoms with van der Waals surface area (Å²) in [7, 11) is 0. The van der Waals surface area contributed by atoms with E-state index < -0.39 is 11.8 Å². The predicted octanol–water partition coefficient (Wildman–Crippen LogP) is -0.0386. The van der Waals surface area contributed by atoms with Crippen molar-refractivity contribution in [2.45, 2.75) is 25.6 Å². The van der Waals surface area contributed by atoms with Crippen molar-refractivity contribution in [1.82, 2.24) is 5.32 Å². The SMILES string of the molecule is CC(C)(O)C1=NC2N=NC=C2C(=O)N1. The minimum atomic E-state index is -1.17. The number of aliphatic imine (C=N–C) groups is 1. The lowest BCUT2D eigenvalue weighted by molar-refractivity contribution is -0.116. The first-order chi connectivity index (χ1) is 6.48. The molecule has 2 aliphatic rings. The summed E-state index contributed by atoms with van der Waals surface area (Å²) in [6.45, 7) is 3.10. The second kappa shape index (κ2) is 2.71. The zero-order chi connectivity index (χ0) is 10.3. The van der Waals surface area contributed by atoms with E-state index in [-0.39, 0.29) is 11.7 Å². The van der Waals surface area contributed by atoms with Crippen LogP contribution in [0.4, 0.5) is 0 Å². The molecule has 1 amide bonds. The Hall–Kier alpha value is -1.56. The summed E-state index contributed by atoms with van der Waals surface area (Å²) in [5.74, 6) is -0.0716. The van der Waals surface area contributed by atoms with E-state index in [1.807, 2.05) is 0 Å². The number of fused-ring (bicyclic) bond motifs is 1. The zero-order valence-electron chi connectivity index (χ0n) is 7.85. The smallest absolute Gasteiger partial charge is 0.258 e. The van der Waals surface area contributed by atoms with Gasteiger partial charge in [-0.25, -0.2) is 4.99 Å². The third kappa shape index (κ3) is 1.33. The molecule has 1 unspecified atom stereocenters. The van der Waals surface area contributed by atoms with Gasteiger partial charge in [0, 0.05) is 0 Å². The minimum Gasteiger partial charge on any atom is -0.383 e. The van der Waals surface area contributed by atoms with Gasteiger partial charge in [-0.1, -0.05) is 0 Å². The van der Waals surface area contributed by atoms with Gasteiger partial charge >= 0.3 is 0 Å². The van der Waals surface area contributed by atoms with Crippen LogP contribution in [0.1, 0.15) is 13.8 Å². The number of nitrogens with zero attached hydrogens (tertiary/aromatic N) is 3. The third-order valence-electron chi connectivity index (χ3n) is 1.98. The first kappa shape index (κ1) is 9.01. The zero-order valence-corrected chi connectivity index (χ0v) is 7.85. The molecule has 0 saturated heterocycles. The summed E-state index contributed by atoms with van der Waals surface area (Å²) in [5, 5.41) is 19.5. The van der Waals surface area contributed by atoms with Gasteiger partial charge < -0.3 is 10.4 Å². The van der Waals surface area contributed by atoms with E-state index >= 15 is 0 Å². The van der Waals surface area contributed by atoms with Gasteiger partial charge in [-0.3, -0.25) is 4.79 Å². The lowest BCUT2D eigenvalue weighted by Crippen LogP contribution is -2.49. The minimum absolute atomic E-state index is 0.227. The molecule has 0 aromatic rings. The van der Waals surface area contributed by atoms with Crippen LogP contribution in [0, 0.1) is 0 Å². The monoisotopic (exact) mass is 194 g/mol. The number of azo groups is 1. The summed E-state index contributed by atoms with van der Waals surface area (Å²) in [6.07, 6.45) is 0.801. The maximum Gasteiger partial charge on any atom is 0.258 e. The highest BCUT2D eigenvalue weighted by Gasteiger charge is 2.34. The molecule has 2 rings (SSSR count). The second-order valence-electron chi connectivity index (χ2n) is 3.68. The van der Waals surface area contributed by atoms with E-state index in [1.165, 1.54) is 6.20 Å². The molecule has 0 saturated carbocycles. The Bertz CT molecular complexity index is 375. The number of carbonyl (C=O) groups excluding carboxylic acids is 1. The largest absolute Gasteiger partial charge is 0.383 e. The van der Waals surface area contributed by atoms with Gasteiger partial charge in [0.2, 0.25) is 0 Å². The summed E-state index contributed by atoms with van der Waals surface area (Å²) in [6, 6.07) is 0. The fourth-order valence-electron chi connectivity index (χ4n) is 1.20. The van der Waals surface area contributed by atoms with Gasteiger partial charge in [0.15, 0.2) is 6.17 Å². The molecule has 0 radical (unpaired) electrons. The lowest BCUT2D eigenvalue weighted by atomic mass is 10.1. The molecule has 2 aliphatic heterocycles. The van der Waals surface area contributed by atoms with Crippen molar-refractivity contribution in [3.05, 3.63) is 11.8 Å². The number of rotatable bonds is 1. The van der Waals surface area contributed by atoms with E-state index in [2.05, 4.69) is 20.5 Å². The highest BCUT2D eigenvalue weighted by Crippen LogP contribution is 2.21. The summed E-state index contributed by atoms with van der Waals surface area (Å²) in [5.41, 5.74) is -0.753. The second-order valence-corrected chi connectivity index (χ2v) is 3.68. The molecule has 0 aliphatic carbocycles. The number of amides is 1. The summed E-state index contributed by atoms with van der Waals surface area (Å²) in [4.78, 5) is 15.5. The standard InChI is InChI=1S/C8H10N4O2/c1-8(2,14)7-10-5-4(3-9-12-5)6(13)11-7/h3,5,14H,1-2H3,(H,10,11,13). The number of carbonyl (C=O) groups is 1. The number of hydrogen-bond acceptors (Lipinski definition) is 5. The molecule has 0 fully saturated rings. The number of nitrogens with one attached hydrogen (secondary N) is 1. The van der Waals surface area contributed by atoms with Crippen molar-refractivity contribution in [2.24, 2.45) is 15.2 Å². The van der Waals surface area contributed by atoms with Gasteiger partial charge in [0.1, 0.15) is 11.4 Å². The van der Waals surface area contributed by atoms with Crippen molar-refractivity contribution in [3.63, 3.8) is 0 Å². The highest BCUT2D eigenvalue weighted by atomic mass is 16.3. The average molecular weight is 194 g/mol. The van der Waals surface area contributed by atoms with Crippen molar-refractivity contribution in [2.75, 3.05) is 0 Å². The molecular formula is C8H10N4O2. The van der Waals surface area contributed by atoms with E-state index in [1.54, 1.807) is 13.8 Å². The van der Waals surface area contributed by atoms with Crippen LogP contribution in [0.25, 0.3) is 0 Å². The summed E-state index contributed by atoms with van der Waals surface area (Å²) < 4.78 is 0. The molecule has 1 atom stereocenters. The number of hydrogen-bond donors (Lipinski definition) is 2. The van der Waals surface area contributed by atoms with Crippen LogP contribution >= 0.6 is 0 Å². The van der Waals surface area contributed by atoms with Crippen LogP contribution in [0.2, 0.25) is 0 Å². The summed E-state index contributed by atoms with van der Waals surface area (Å²) >= 11 is 0. The van der Waals surface area contributed by atoms with Crippen molar-refractivity contribution >= 4 is 11.7 Å². The predicted molar refractivity (Wildman–Crippen MR) is 48.6 cm³/mol. The number of aliphatic hydroxyl groups is 1. The van der Waals surface area contributed by atoms with Crippen LogP contribution < -0.4 is 5.32 Å². The lowest BCUT2D eigenvalue weighted by Gasteiger charge is -2.25. The van der Waals surface area contributed by atoms with Crippen LogP contribution in [-0.2, 0) is 4.79 Å². The van der Waals surface area contributed by atoms with E-state index in [0.717, 1.165) is 0 Å². The van der Waals surface area contributed by atoms with Crippen LogP contribution in [0.15, 0.2) is 27.0 Å². The third-order valence-corrected chi connectivity index (χ3v) is 1.98. The van der Waals surface area contributed by atoms with Crippen molar-refractivity contribution in [3.8, 4) is 0 Å². The topological polar surface area (TPSA) is 86.4 Å². The maximum absolute atomic E-state index is 11.4. The maximum atomic E-state index is 11.4. The fourth-order valence-corrected chi connectivity index (χ4v) is 1.20. The van der Waals surface area contributed by atoms with Crippen molar-refractivity contribution in [1.29, 1.82) is 0 Å². The van der Waals surface area contributed by atoms with Gasteiger partial charge in [-0.15, -0.1) is 0 Å². The van der Waals surface area contributed by atoms with E-state index in [0.29, 0.717) is 5.57 Å². The first-order valence-electron chi connectivity index (χ1n) is 4.20. The Labute approximate surface area is 80.4 Å². The van der Waals surface area contributed by atoms with Gasteiger partial charge in [-0.05, 0) is 13.8 Å². The van der Waals surface area contributed by atoms with Crippen LogP contribution in [0.3, 0.4) is 0 Å².